The third-order valence-electron chi connectivity index (χ3n) is 4.44. The first kappa shape index (κ1) is 17.8. The number of aliphatic hydroxyl groups is 1. The number of hydrogen-bond donors (Lipinski definition) is 2. The van der Waals surface area contributed by atoms with Crippen LogP contribution in [0.5, 0.6) is 0 Å². The van der Waals surface area contributed by atoms with E-state index in [4.69, 9.17) is 16.7 Å². The largest absolute Gasteiger partial charge is 0.479 e. The van der Waals surface area contributed by atoms with Gasteiger partial charge < -0.3 is 15.1 Å². The lowest BCUT2D eigenvalue weighted by molar-refractivity contribution is -0.165. The minimum absolute atomic E-state index is 0.0466. The van der Waals surface area contributed by atoms with E-state index >= 15 is 0 Å². The number of benzene rings is 1. The van der Waals surface area contributed by atoms with Crippen molar-refractivity contribution in [1.82, 2.24) is 4.90 Å². The van der Waals surface area contributed by atoms with E-state index < -0.39 is 11.6 Å². The summed E-state index contributed by atoms with van der Waals surface area (Å²) in [6.07, 6.45) is 0.100. The van der Waals surface area contributed by atoms with Crippen molar-refractivity contribution in [3.63, 3.8) is 0 Å². The molecule has 126 valence electrons. The normalized spacial score (nSPS) is 18.7. The Balaban J connectivity index is 2.16. The predicted octanol–water partition coefficient (Wildman–Crippen LogP) is 2.52. The lowest BCUT2D eigenvalue weighted by Gasteiger charge is -2.37. The van der Waals surface area contributed by atoms with Gasteiger partial charge in [-0.15, -0.1) is 0 Å². The third-order valence-corrected chi connectivity index (χ3v) is 4.68. The molecular formula is C17H22ClNO4. The predicted molar refractivity (Wildman–Crippen MR) is 87.4 cm³/mol. The Labute approximate surface area is 140 Å². The number of carboxylic acids is 1. The van der Waals surface area contributed by atoms with Gasteiger partial charge in [0.25, 0.3) is 0 Å². The first-order valence-electron chi connectivity index (χ1n) is 7.74. The fourth-order valence-electron chi connectivity index (χ4n) is 3.02. The van der Waals surface area contributed by atoms with E-state index in [9.17, 15) is 14.7 Å². The molecule has 6 heteroatoms. The number of carbonyl (C=O) groups is 2. The Morgan fingerprint density at radius 3 is 2.35 bits per heavy atom. The van der Waals surface area contributed by atoms with Crippen LogP contribution in [0.2, 0.25) is 5.02 Å². The van der Waals surface area contributed by atoms with Crippen LogP contribution in [-0.2, 0) is 9.59 Å². The van der Waals surface area contributed by atoms with Gasteiger partial charge in [-0.05, 0) is 23.6 Å². The van der Waals surface area contributed by atoms with E-state index in [1.165, 1.54) is 0 Å². The highest BCUT2D eigenvalue weighted by atomic mass is 35.5. The van der Waals surface area contributed by atoms with Crippen LogP contribution in [0.3, 0.4) is 0 Å². The number of carboxylic acid groups (broad SMARTS) is 1. The Kier molecular flexibility index (Phi) is 5.32. The fourth-order valence-corrected chi connectivity index (χ4v) is 3.22. The molecule has 0 aliphatic carbocycles. The lowest BCUT2D eigenvalue weighted by Crippen LogP contribution is -2.52. The molecule has 1 aromatic carbocycles. The molecule has 23 heavy (non-hydrogen) atoms. The molecule has 1 saturated heterocycles. The van der Waals surface area contributed by atoms with Crippen molar-refractivity contribution in [2.24, 2.45) is 5.92 Å². The molecule has 0 radical (unpaired) electrons. The second kappa shape index (κ2) is 6.89. The van der Waals surface area contributed by atoms with E-state index in [2.05, 4.69) is 0 Å². The molecule has 2 rings (SSSR count). The molecule has 0 saturated carbocycles. The van der Waals surface area contributed by atoms with Crippen molar-refractivity contribution in [1.29, 1.82) is 0 Å². The van der Waals surface area contributed by atoms with Crippen LogP contribution in [0.1, 0.15) is 38.2 Å². The van der Waals surface area contributed by atoms with Crippen molar-refractivity contribution in [2.45, 2.75) is 38.2 Å². The molecule has 2 N–H and O–H groups in total. The van der Waals surface area contributed by atoms with Crippen molar-refractivity contribution in [3.8, 4) is 0 Å². The highest BCUT2D eigenvalue weighted by Gasteiger charge is 2.41. The summed E-state index contributed by atoms with van der Waals surface area (Å²) >= 11 is 6.03. The summed E-state index contributed by atoms with van der Waals surface area (Å²) in [4.78, 5) is 25.6. The number of amides is 1. The molecule has 1 aromatic rings. The number of aliphatic carboxylic acids is 1. The van der Waals surface area contributed by atoms with Crippen molar-refractivity contribution >= 4 is 23.5 Å². The van der Waals surface area contributed by atoms with Crippen LogP contribution in [-0.4, -0.2) is 45.7 Å². The quantitative estimate of drug-likeness (QED) is 0.883. The van der Waals surface area contributed by atoms with Gasteiger partial charge in [-0.1, -0.05) is 37.6 Å². The van der Waals surface area contributed by atoms with Gasteiger partial charge in [-0.2, -0.15) is 0 Å². The van der Waals surface area contributed by atoms with E-state index in [1.54, 1.807) is 17.0 Å². The van der Waals surface area contributed by atoms with Gasteiger partial charge in [0.1, 0.15) is 0 Å². The second-order valence-corrected chi connectivity index (χ2v) is 6.88. The van der Waals surface area contributed by atoms with Crippen LogP contribution in [0.25, 0.3) is 0 Å². The molecule has 1 amide bonds. The summed E-state index contributed by atoms with van der Waals surface area (Å²) in [6, 6.07) is 7.26. The average Bonchev–Trinajstić information content (AvgIpc) is 2.47. The van der Waals surface area contributed by atoms with E-state index in [0.29, 0.717) is 5.02 Å². The molecule has 0 bridgehead atoms. The summed E-state index contributed by atoms with van der Waals surface area (Å²) in [6.45, 7) is 4.43. The Hall–Kier alpha value is -1.59. The Bertz CT molecular complexity index is 594. The molecule has 1 heterocycles. The average molecular weight is 340 g/mol. The number of carbonyl (C=O) groups excluding carboxylic acids is 1. The van der Waals surface area contributed by atoms with Crippen LogP contribution < -0.4 is 0 Å². The summed E-state index contributed by atoms with van der Waals surface area (Å²) in [5.74, 6) is -1.51. The highest BCUT2D eigenvalue weighted by molar-refractivity contribution is 6.30. The van der Waals surface area contributed by atoms with E-state index in [-0.39, 0.29) is 43.7 Å². The van der Waals surface area contributed by atoms with E-state index in [1.807, 2.05) is 26.0 Å². The summed E-state index contributed by atoms with van der Waals surface area (Å²) in [5.41, 5.74) is -0.864. The van der Waals surface area contributed by atoms with Gasteiger partial charge in [0, 0.05) is 31.0 Å². The lowest BCUT2D eigenvalue weighted by atomic mass is 9.85. The maximum Gasteiger partial charge on any atom is 0.335 e. The number of rotatable bonds is 4. The van der Waals surface area contributed by atoms with Crippen molar-refractivity contribution < 1.29 is 19.8 Å². The monoisotopic (exact) mass is 339 g/mol. The van der Waals surface area contributed by atoms with Crippen LogP contribution in [0, 0.1) is 5.92 Å². The zero-order valence-corrected chi connectivity index (χ0v) is 14.1. The molecule has 1 unspecified atom stereocenters. The molecule has 1 atom stereocenters. The number of hydrogen-bond acceptors (Lipinski definition) is 3. The number of piperidine rings is 1. The van der Waals surface area contributed by atoms with Crippen LogP contribution in [0.4, 0.5) is 0 Å². The smallest absolute Gasteiger partial charge is 0.335 e. The van der Waals surface area contributed by atoms with Gasteiger partial charge >= 0.3 is 5.97 Å². The minimum Gasteiger partial charge on any atom is -0.479 e. The Morgan fingerprint density at radius 1 is 1.26 bits per heavy atom. The van der Waals surface area contributed by atoms with E-state index in [0.717, 1.165) is 5.56 Å². The van der Waals surface area contributed by atoms with Crippen LogP contribution in [0.15, 0.2) is 24.3 Å². The maximum absolute atomic E-state index is 12.9. The fraction of sp³-hybridized carbons (Fsp3) is 0.529. The van der Waals surface area contributed by atoms with Gasteiger partial charge in [-0.3, -0.25) is 4.79 Å². The maximum atomic E-state index is 12.9. The molecule has 0 aromatic heterocycles. The van der Waals surface area contributed by atoms with Gasteiger partial charge in [0.2, 0.25) is 5.91 Å². The number of halogens is 1. The molecule has 5 nitrogen and oxygen atoms in total. The standard InChI is InChI=1S/C17H22ClNO4/c1-11(2)14(12-4-3-5-13(18)10-12)15(20)19-8-6-17(23,7-9-19)16(21)22/h3-5,10-11,14,23H,6-9H2,1-2H3,(H,21,22). The van der Waals surface area contributed by atoms with Gasteiger partial charge in [0.05, 0.1) is 5.92 Å². The SMILES string of the molecule is CC(C)C(C(=O)N1CCC(O)(C(=O)O)CC1)c1cccc(Cl)c1. The molecule has 1 aliphatic rings. The van der Waals surface area contributed by atoms with Gasteiger partial charge in [0.15, 0.2) is 5.60 Å². The summed E-state index contributed by atoms with van der Waals surface area (Å²) in [5, 5.41) is 19.6. The first-order chi connectivity index (χ1) is 10.7. The topological polar surface area (TPSA) is 77.8 Å². The van der Waals surface area contributed by atoms with Crippen LogP contribution >= 0.6 is 11.6 Å². The molecule has 0 spiro atoms. The molecular weight excluding hydrogens is 318 g/mol. The third kappa shape index (κ3) is 3.85. The zero-order valence-electron chi connectivity index (χ0n) is 13.3. The van der Waals surface area contributed by atoms with Crippen molar-refractivity contribution in [2.75, 3.05) is 13.1 Å². The second-order valence-electron chi connectivity index (χ2n) is 6.44. The number of nitrogens with zero attached hydrogens (tertiary/aromatic N) is 1. The number of likely N-dealkylation sites (tertiary alicyclic amines) is 1. The van der Waals surface area contributed by atoms with Crippen molar-refractivity contribution in [3.05, 3.63) is 34.9 Å². The molecule has 1 aliphatic heterocycles. The first-order valence-corrected chi connectivity index (χ1v) is 8.12. The zero-order chi connectivity index (χ0) is 17.2. The van der Waals surface area contributed by atoms with Gasteiger partial charge in [-0.25, -0.2) is 4.79 Å². The Morgan fingerprint density at radius 2 is 1.87 bits per heavy atom. The molecule has 1 fully saturated rings. The summed E-state index contributed by atoms with van der Waals surface area (Å²) in [7, 11) is 0. The summed E-state index contributed by atoms with van der Waals surface area (Å²) < 4.78 is 0. The minimum atomic E-state index is -1.72. The highest BCUT2D eigenvalue weighted by Crippen LogP contribution is 2.31.